The van der Waals surface area contributed by atoms with E-state index in [-0.39, 0.29) is 12.1 Å². The second kappa shape index (κ2) is 8.46. The van der Waals surface area contributed by atoms with Gasteiger partial charge in [-0.15, -0.1) is 0 Å². The number of nitrogens with one attached hydrogen (secondary N) is 1. The zero-order valence-electron chi connectivity index (χ0n) is 13.0. The standard InChI is InChI=1S/C16H26N2O2/c1-5-6-11-17-16(19)18(3)13(2)12-14-9-7-8-10-15(14)20-4/h7-10,13H,5-6,11-12H2,1-4H3,(H,17,19). The van der Waals surface area contributed by atoms with E-state index < -0.39 is 0 Å². The summed E-state index contributed by atoms with van der Waals surface area (Å²) in [5, 5.41) is 2.93. The van der Waals surface area contributed by atoms with Gasteiger partial charge < -0.3 is 15.0 Å². The number of urea groups is 1. The maximum atomic E-state index is 12.0. The summed E-state index contributed by atoms with van der Waals surface area (Å²) in [4.78, 5) is 13.7. The van der Waals surface area contributed by atoms with Crippen LogP contribution in [0.15, 0.2) is 24.3 Å². The Morgan fingerprint density at radius 2 is 2.10 bits per heavy atom. The van der Waals surface area contributed by atoms with Crippen LogP contribution in [-0.4, -0.2) is 37.7 Å². The summed E-state index contributed by atoms with van der Waals surface area (Å²) in [5.74, 6) is 0.874. The van der Waals surface area contributed by atoms with Crippen LogP contribution in [0.5, 0.6) is 5.75 Å². The van der Waals surface area contributed by atoms with Crippen molar-refractivity contribution in [3.8, 4) is 5.75 Å². The number of unbranched alkanes of at least 4 members (excludes halogenated alkanes) is 1. The number of methoxy groups -OCH3 is 1. The van der Waals surface area contributed by atoms with Crippen LogP contribution in [-0.2, 0) is 6.42 Å². The fourth-order valence-corrected chi connectivity index (χ4v) is 2.02. The molecule has 112 valence electrons. The molecule has 20 heavy (non-hydrogen) atoms. The highest BCUT2D eigenvalue weighted by Crippen LogP contribution is 2.20. The molecule has 0 spiro atoms. The molecule has 1 aromatic rings. The minimum absolute atomic E-state index is 0.0131. The van der Waals surface area contributed by atoms with Crippen molar-refractivity contribution in [2.75, 3.05) is 20.7 Å². The Bertz CT molecular complexity index is 421. The van der Waals surface area contributed by atoms with E-state index in [2.05, 4.69) is 12.2 Å². The maximum Gasteiger partial charge on any atom is 0.317 e. The first-order chi connectivity index (χ1) is 9.60. The highest BCUT2D eigenvalue weighted by molar-refractivity contribution is 5.74. The Morgan fingerprint density at radius 3 is 2.75 bits per heavy atom. The van der Waals surface area contributed by atoms with Crippen molar-refractivity contribution >= 4 is 6.03 Å². The van der Waals surface area contributed by atoms with Crippen molar-refractivity contribution in [3.63, 3.8) is 0 Å². The lowest BCUT2D eigenvalue weighted by atomic mass is 10.1. The lowest BCUT2D eigenvalue weighted by Crippen LogP contribution is -2.43. The Balaban J connectivity index is 2.56. The number of carbonyl (C=O) groups is 1. The minimum Gasteiger partial charge on any atom is -0.496 e. The molecule has 0 aliphatic carbocycles. The van der Waals surface area contributed by atoms with E-state index in [9.17, 15) is 4.79 Å². The van der Waals surface area contributed by atoms with Crippen LogP contribution < -0.4 is 10.1 Å². The minimum atomic E-state index is -0.0131. The molecule has 0 aromatic heterocycles. The average molecular weight is 278 g/mol. The van der Waals surface area contributed by atoms with Gasteiger partial charge >= 0.3 is 6.03 Å². The first kappa shape index (κ1) is 16.3. The van der Waals surface area contributed by atoms with Crippen LogP contribution in [0.2, 0.25) is 0 Å². The predicted molar refractivity (Wildman–Crippen MR) is 82.2 cm³/mol. The fourth-order valence-electron chi connectivity index (χ4n) is 2.02. The first-order valence-electron chi connectivity index (χ1n) is 7.22. The van der Waals surface area contributed by atoms with E-state index >= 15 is 0 Å². The number of amides is 2. The summed E-state index contributed by atoms with van der Waals surface area (Å²) in [6.45, 7) is 4.90. The molecule has 0 bridgehead atoms. The van der Waals surface area contributed by atoms with Gasteiger partial charge in [-0.2, -0.15) is 0 Å². The molecular formula is C16H26N2O2. The highest BCUT2D eigenvalue weighted by Gasteiger charge is 2.17. The zero-order valence-corrected chi connectivity index (χ0v) is 13.0. The number of nitrogens with zero attached hydrogens (tertiary/aromatic N) is 1. The smallest absolute Gasteiger partial charge is 0.317 e. The van der Waals surface area contributed by atoms with Gasteiger partial charge in [0, 0.05) is 19.6 Å². The van der Waals surface area contributed by atoms with Gasteiger partial charge in [0.1, 0.15) is 5.75 Å². The van der Waals surface area contributed by atoms with Gasteiger partial charge in [-0.3, -0.25) is 0 Å². The number of para-hydroxylation sites is 1. The van der Waals surface area contributed by atoms with Gasteiger partial charge in [-0.1, -0.05) is 31.5 Å². The molecule has 0 aliphatic heterocycles. The summed E-state index contributed by atoms with van der Waals surface area (Å²) in [5.41, 5.74) is 1.12. The second-order valence-corrected chi connectivity index (χ2v) is 5.06. The molecule has 1 aromatic carbocycles. The average Bonchev–Trinajstić information content (AvgIpc) is 2.47. The Morgan fingerprint density at radius 1 is 1.40 bits per heavy atom. The summed E-state index contributed by atoms with van der Waals surface area (Å²) < 4.78 is 5.35. The van der Waals surface area contributed by atoms with Crippen LogP contribution in [0.25, 0.3) is 0 Å². The molecular weight excluding hydrogens is 252 g/mol. The van der Waals surface area contributed by atoms with E-state index in [4.69, 9.17) is 4.74 Å². The van der Waals surface area contributed by atoms with Crippen LogP contribution >= 0.6 is 0 Å². The molecule has 1 unspecified atom stereocenters. The van der Waals surface area contributed by atoms with Crippen LogP contribution in [0.3, 0.4) is 0 Å². The third kappa shape index (κ3) is 4.76. The molecule has 1 N–H and O–H groups in total. The second-order valence-electron chi connectivity index (χ2n) is 5.06. The topological polar surface area (TPSA) is 41.6 Å². The summed E-state index contributed by atoms with van der Waals surface area (Å²) >= 11 is 0. The molecule has 2 amide bonds. The number of carbonyl (C=O) groups excluding carboxylic acids is 1. The molecule has 0 saturated heterocycles. The number of rotatable bonds is 7. The van der Waals surface area contributed by atoms with Crippen molar-refractivity contribution in [1.29, 1.82) is 0 Å². The zero-order chi connectivity index (χ0) is 15.0. The number of likely N-dealkylation sites (N-methyl/N-ethyl adjacent to an activating group) is 1. The van der Waals surface area contributed by atoms with Crippen molar-refractivity contribution in [3.05, 3.63) is 29.8 Å². The largest absolute Gasteiger partial charge is 0.496 e. The van der Waals surface area contributed by atoms with Crippen LogP contribution in [0.4, 0.5) is 4.79 Å². The molecule has 0 fully saturated rings. The Hall–Kier alpha value is -1.71. The van der Waals surface area contributed by atoms with Gasteiger partial charge in [0.25, 0.3) is 0 Å². The normalized spacial score (nSPS) is 11.8. The predicted octanol–water partition coefficient (Wildman–Crippen LogP) is 3.07. The number of benzene rings is 1. The van der Waals surface area contributed by atoms with Crippen molar-refractivity contribution < 1.29 is 9.53 Å². The number of hydrogen-bond acceptors (Lipinski definition) is 2. The van der Waals surface area contributed by atoms with Crippen LogP contribution in [0.1, 0.15) is 32.3 Å². The van der Waals surface area contributed by atoms with E-state index in [0.717, 1.165) is 37.1 Å². The maximum absolute atomic E-state index is 12.0. The highest BCUT2D eigenvalue weighted by atomic mass is 16.5. The molecule has 0 radical (unpaired) electrons. The third-order valence-corrected chi connectivity index (χ3v) is 3.50. The molecule has 0 saturated carbocycles. The molecule has 4 heteroatoms. The molecule has 4 nitrogen and oxygen atoms in total. The van der Waals surface area contributed by atoms with Gasteiger partial charge in [-0.25, -0.2) is 4.79 Å². The lowest BCUT2D eigenvalue weighted by molar-refractivity contribution is 0.193. The number of ether oxygens (including phenoxy) is 1. The SMILES string of the molecule is CCCCNC(=O)N(C)C(C)Cc1ccccc1OC. The van der Waals surface area contributed by atoms with Gasteiger partial charge in [-0.05, 0) is 31.4 Å². The van der Waals surface area contributed by atoms with Crippen LogP contribution in [0, 0.1) is 0 Å². The molecule has 0 aliphatic rings. The van der Waals surface area contributed by atoms with Gasteiger partial charge in [0.2, 0.25) is 0 Å². The quantitative estimate of drug-likeness (QED) is 0.779. The third-order valence-electron chi connectivity index (χ3n) is 3.50. The van der Waals surface area contributed by atoms with Crippen molar-refractivity contribution in [1.82, 2.24) is 10.2 Å². The van der Waals surface area contributed by atoms with E-state index in [1.54, 1.807) is 12.0 Å². The van der Waals surface area contributed by atoms with E-state index in [1.807, 2.05) is 38.2 Å². The fraction of sp³-hybridized carbons (Fsp3) is 0.562. The van der Waals surface area contributed by atoms with Crippen molar-refractivity contribution in [2.24, 2.45) is 0 Å². The first-order valence-corrected chi connectivity index (χ1v) is 7.22. The number of hydrogen-bond donors (Lipinski definition) is 1. The van der Waals surface area contributed by atoms with E-state index in [0.29, 0.717) is 0 Å². The van der Waals surface area contributed by atoms with E-state index in [1.165, 1.54) is 0 Å². The molecule has 0 heterocycles. The monoisotopic (exact) mass is 278 g/mol. The summed E-state index contributed by atoms with van der Waals surface area (Å²) in [6, 6.07) is 8.04. The summed E-state index contributed by atoms with van der Waals surface area (Å²) in [7, 11) is 3.51. The van der Waals surface area contributed by atoms with Crippen molar-refractivity contribution in [2.45, 2.75) is 39.2 Å². The van der Waals surface area contributed by atoms with Gasteiger partial charge in [0.15, 0.2) is 0 Å². The van der Waals surface area contributed by atoms with Gasteiger partial charge in [0.05, 0.1) is 7.11 Å². The Labute approximate surface area is 122 Å². The summed E-state index contributed by atoms with van der Waals surface area (Å²) in [6.07, 6.45) is 2.88. The molecule has 1 atom stereocenters. The Kier molecular flexibility index (Phi) is 6.91. The molecule has 1 rings (SSSR count). The lowest BCUT2D eigenvalue weighted by Gasteiger charge is -2.26.